The van der Waals surface area contributed by atoms with Crippen LogP contribution >= 0.6 is 0 Å². The van der Waals surface area contributed by atoms with Gasteiger partial charge in [-0.05, 0) is 57.6 Å². The van der Waals surface area contributed by atoms with Gasteiger partial charge >= 0.3 is 0 Å². The zero-order valence-electron chi connectivity index (χ0n) is 12.9. The lowest BCUT2D eigenvalue weighted by molar-refractivity contribution is 0.306. The Bertz CT molecular complexity index is 608. The summed E-state index contributed by atoms with van der Waals surface area (Å²) >= 11 is 0. The minimum atomic E-state index is 0.269. The number of aryl methyl sites for hydroxylation is 3. The molecule has 2 rings (SSSR count). The summed E-state index contributed by atoms with van der Waals surface area (Å²) in [5.74, 6) is 0. The van der Waals surface area contributed by atoms with Crippen molar-refractivity contribution in [3.8, 4) is 0 Å². The number of benzene rings is 1. The fraction of sp³-hybridized carbons (Fsp3) is 0.500. The quantitative estimate of drug-likeness (QED) is 0.919. The molecule has 0 saturated heterocycles. The first-order chi connectivity index (χ1) is 8.88. The summed E-state index contributed by atoms with van der Waals surface area (Å²) in [6.45, 7) is 7.18. The van der Waals surface area contributed by atoms with Crippen LogP contribution in [-0.2, 0) is 7.05 Å². The summed E-state index contributed by atoms with van der Waals surface area (Å²) in [6.07, 6.45) is 0. The highest BCUT2D eigenvalue weighted by Gasteiger charge is 2.22. The third kappa shape index (κ3) is 2.17. The molecule has 0 bridgehead atoms. The van der Waals surface area contributed by atoms with Gasteiger partial charge in [0.15, 0.2) is 0 Å². The van der Waals surface area contributed by atoms with Gasteiger partial charge in [-0.25, -0.2) is 0 Å². The second-order valence-corrected chi connectivity index (χ2v) is 5.75. The summed E-state index contributed by atoms with van der Waals surface area (Å²) in [4.78, 5) is 2.21. The standard InChI is InChI=1S/C16H25N3/c1-10-7-11(2)15-13(8-10)19(6)12(3)16(15)14(9-17)18(4)5/h7-8,14H,9,17H2,1-6H3. The van der Waals surface area contributed by atoms with Gasteiger partial charge in [-0.1, -0.05) is 6.07 Å². The van der Waals surface area contributed by atoms with Crippen molar-refractivity contribution >= 4 is 10.9 Å². The van der Waals surface area contributed by atoms with E-state index in [4.69, 9.17) is 5.73 Å². The Kier molecular flexibility index (Phi) is 3.70. The molecule has 0 spiro atoms. The lowest BCUT2D eigenvalue weighted by Crippen LogP contribution is -2.27. The van der Waals surface area contributed by atoms with Crippen molar-refractivity contribution in [1.29, 1.82) is 0 Å². The smallest absolute Gasteiger partial charge is 0.0488 e. The Hall–Kier alpha value is -1.32. The number of aromatic nitrogens is 1. The Morgan fingerprint density at radius 1 is 1.21 bits per heavy atom. The van der Waals surface area contributed by atoms with E-state index in [0.717, 1.165) is 0 Å². The largest absolute Gasteiger partial charge is 0.348 e. The lowest BCUT2D eigenvalue weighted by Gasteiger charge is -2.24. The SMILES string of the molecule is Cc1cc(C)c2c(C(CN)N(C)C)c(C)n(C)c2c1. The summed E-state index contributed by atoms with van der Waals surface area (Å²) in [6, 6.07) is 4.79. The molecule has 1 aromatic carbocycles. The molecular weight excluding hydrogens is 234 g/mol. The molecule has 2 aromatic rings. The minimum absolute atomic E-state index is 0.269. The van der Waals surface area contributed by atoms with E-state index in [-0.39, 0.29) is 6.04 Å². The summed E-state index contributed by atoms with van der Waals surface area (Å²) in [5.41, 5.74) is 12.7. The highest BCUT2D eigenvalue weighted by molar-refractivity contribution is 5.89. The Labute approximate surface area is 116 Å². The minimum Gasteiger partial charge on any atom is -0.348 e. The van der Waals surface area contributed by atoms with Gasteiger partial charge in [0.2, 0.25) is 0 Å². The fourth-order valence-corrected chi connectivity index (χ4v) is 3.10. The van der Waals surface area contributed by atoms with Crippen LogP contribution in [0, 0.1) is 20.8 Å². The monoisotopic (exact) mass is 259 g/mol. The Morgan fingerprint density at radius 3 is 2.37 bits per heavy atom. The van der Waals surface area contributed by atoms with Crippen LogP contribution in [0.1, 0.15) is 28.4 Å². The molecule has 1 atom stereocenters. The second-order valence-electron chi connectivity index (χ2n) is 5.75. The first-order valence-electron chi connectivity index (χ1n) is 6.81. The third-order valence-corrected chi connectivity index (χ3v) is 4.16. The van der Waals surface area contributed by atoms with Crippen LogP contribution in [0.25, 0.3) is 10.9 Å². The maximum Gasteiger partial charge on any atom is 0.0488 e. The molecule has 0 radical (unpaired) electrons. The van der Waals surface area contributed by atoms with Crippen LogP contribution < -0.4 is 5.73 Å². The topological polar surface area (TPSA) is 34.2 Å². The molecule has 19 heavy (non-hydrogen) atoms. The maximum absolute atomic E-state index is 6.00. The van der Waals surface area contributed by atoms with Crippen molar-refractivity contribution < 1.29 is 0 Å². The first-order valence-corrected chi connectivity index (χ1v) is 6.81. The molecule has 1 unspecified atom stereocenters. The number of nitrogens with zero attached hydrogens (tertiary/aromatic N) is 2. The average Bonchev–Trinajstić information content (AvgIpc) is 2.55. The summed E-state index contributed by atoms with van der Waals surface area (Å²) < 4.78 is 2.29. The van der Waals surface area contributed by atoms with Crippen LogP contribution in [0.2, 0.25) is 0 Å². The van der Waals surface area contributed by atoms with E-state index < -0.39 is 0 Å². The molecule has 0 amide bonds. The normalized spacial score (nSPS) is 13.5. The van der Waals surface area contributed by atoms with Crippen LogP contribution in [0.15, 0.2) is 12.1 Å². The first kappa shape index (κ1) is 14.1. The molecule has 3 heteroatoms. The number of fused-ring (bicyclic) bond motifs is 1. The molecule has 0 fully saturated rings. The predicted molar refractivity (Wildman–Crippen MR) is 82.6 cm³/mol. The van der Waals surface area contributed by atoms with Crippen molar-refractivity contribution in [2.45, 2.75) is 26.8 Å². The van der Waals surface area contributed by atoms with Crippen LogP contribution in [-0.4, -0.2) is 30.1 Å². The van der Waals surface area contributed by atoms with Gasteiger partial charge in [-0.2, -0.15) is 0 Å². The van der Waals surface area contributed by atoms with E-state index in [1.54, 1.807) is 0 Å². The van der Waals surface area contributed by atoms with Gasteiger partial charge in [-0.15, -0.1) is 0 Å². The van der Waals surface area contributed by atoms with E-state index in [0.29, 0.717) is 6.54 Å². The van der Waals surface area contributed by atoms with E-state index in [9.17, 15) is 0 Å². The Balaban J connectivity index is 2.84. The summed E-state index contributed by atoms with van der Waals surface area (Å²) in [7, 11) is 6.34. The number of nitrogens with two attached hydrogens (primary N) is 1. The molecule has 3 nitrogen and oxygen atoms in total. The van der Waals surface area contributed by atoms with Crippen molar-refractivity contribution in [2.75, 3.05) is 20.6 Å². The zero-order chi connectivity index (χ0) is 14.3. The van der Waals surface area contributed by atoms with E-state index >= 15 is 0 Å². The van der Waals surface area contributed by atoms with Crippen LogP contribution in [0.5, 0.6) is 0 Å². The van der Waals surface area contributed by atoms with Gasteiger partial charge < -0.3 is 15.2 Å². The van der Waals surface area contributed by atoms with Crippen molar-refractivity contribution in [1.82, 2.24) is 9.47 Å². The van der Waals surface area contributed by atoms with Crippen molar-refractivity contribution in [3.05, 3.63) is 34.5 Å². The number of rotatable bonds is 3. The second kappa shape index (κ2) is 4.99. The average molecular weight is 259 g/mol. The van der Waals surface area contributed by atoms with Crippen molar-refractivity contribution in [2.24, 2.45) is 12.8 Å². The predicted octanol–water partition coefficient (Wildman–Crippen LogP) is 2.66. The molecule has 2 N–H and O–H groups in total. The molecular formula is C16H25N3. The summed E-state index contributed by atoms with van der Waals surface area (Å²) in [5, 5.41) is 1.37. The highest BCUT2D eigenvalue weighted by Crippen LogP contribution is 2.34. The number of likely N-dealkylation sites (N-methyl/N-ethyl adjacent to an activating group) is 1. The van der Waals surface area contributed by atoms with E-state index in [1.807, 2.05) is 0 Å². The number of hydrogen-bond donors (Lipinski definition) is 1. The fourth-order valence-electron chi connectivity index (χ4n) is 3.10. The molecule has 104 valence electrons. The van der Waals surface area contributed by atoms with Gasteiger partial charge in [0.25, 0.3) is 0 Å². The molecule has 0 aliphatic rings. The molecule has 0 saturated carbocycles. The molecule has 1 heterocycles. The van der Waals surface area contributed by atoms with E-state index in [1.165, 1.54) is 33.3 Å². The highest BCUT2D eigenvalue weighted by atomic mass is 15.1. The third-order valence-electron chi connectivity index (χ3n) is 4.16. The van der Waals surface area contributed by atoms with E-state index in [2.05, 4.69) is 63.5 Å². The zero-order valence-corrected chi connectivity index (χ0v) is 12.9. The van der Waals surface area contributed by atoms with Gasteiger partial charge in [0.1, 0.15) is 0 Å². The molecule has 1 aromatic heterocycles. The maximum atomic E-state index is 6.00. The van der Waals surface area contributed by atoms with Crippen LogP contribution in [0.4, 0.5) is 0 Å². The number of hydrogen-bond acceptors (Lipinski definition) is 2. The Morgan fingerprint density at radius 2 is 1.84 bits per heavy atom. The van der Waals surface area contributed by atoms with Crippen LogP contribution in [0.3, 0.4) is 0 Å². The van der Waals surface area contributed by atoms with Gasteiger partial charge in [0, 0.05) is 36.2 Å². The van der Waals surface area contributed by atoms with Gasteiger partial charge in [0.05, 0.1) is 0 Å². The van der Waals surface area contributed by atoms with Crippen molar-refractivity contribution in [3.63, 3.8) is 0 Å². The molecule has 0 aliphatic heterocycles. The molecule has 0 aliphatic carbocycles. The lowest BCUT2D eigenvalue weighted by atomic mass is 9.98. The van der Waals surface area contributed by atoms with Gasteiger partial charge in [-0.3, -0.25) is 0 Å².